The summed E-state index contributed by atoms with van der Waals surface area (Å²) in [4.78, 5) is 19.6. The maximum Gasteiger partial charge on any atom is 0.342 e. The summed E-state index contributed by atoms with van der Waals surface area (Å²) in [5.41, 5.74) is 0.194. The Kier molecular flexibility index (Phi) is 6.38. The molecule has 1 aromatic rings. The third kappa shape index (κ3) is 4.80. The molecule has 18 heavy (non-hydrogen) atoms. The first-order chi connectivity index (χ1) is 8.54. The van der Waals surface area contributed by atoms with Gasteiger partial charge in [-0.3, -0.25) is 0 Å². The van der Waals surface area contributed by atoms with Crippen LogP contribution in [0.1, 0.15) is 24.2 Å². The number of hydrogen-bond donors (Lipinski definition) is 1. The number of aromatic nitrogens is 2. The van der Waals surface area contributed by atoms with Gasteiger partial charge in [-0.15, -0.1) is 0 Å². The average molecular weight is 290 g/mol. The normalized spacial score (nSPS) is 10.7. The molecule has 0 atom stereocenters. The van der Waals surface area contributed by atoms with Crippen molar-refractivity contribution in [1.82, 2.24) is 15.3 Å². The lowest BCUT2D eigenvalue weighted by molar-refractivity contribution is 0.0505. The lowest BCUT2D eigenvalue weighted by atomic mass is 10.3. The summed E-state index contributed by atoms with van der Waals surface area (Å²) in [6.45, 7) is 4.93. The van der Waals surface area contributed by atoms with Crippen LogP contribution < -0.4 is 5.32 Å². The second-order valence-corrected chi connectivity index (χ2v) is 4.94. The second kappa shape index (κ2) is 7.56. The van der Waals surface area contributed by atoms with E-state index in [-0.39, 0.29) is 17.3 Å². The highest BCUT2D eigenvalue weighted by Crippen LogP contribution is 2.17. The minimum Gasteiger partial charge on any atom is -0.461 e. The molecule has 0 aromatic carbocycles. The topological polar surface area (TPSA) is 64.1 Å². The maximum absolute atomic E-state index is 11.7. The van der Waals surface area contributed by atoms with Crippen LogP contribution in [0.2, 0.25) is 5.15 Å². The minimum absolute atomic E-state index is 0.121. The van der Waals surface area contributed by atoms with E-state index in [0.717, 1.165) is 0 Å². The molecule has 1 heterocycles. The number of rotatable bonds is 6. The molecule has 0 saturated carbocycles. The van der Waals surface area contributed by atoms with Gasteiger partial charge in [0, 0.05) is 18.8 Å². The van der Waals surface area contributed by atoms with E-state index in [1.165, 1.54) is 18.0 Å². The number of nitrogens with one attached hydrogen (secondary N) is 1. The van der Waals surface area contributed by atoms with Gasteiger partial charge in [0.2, 0.25) is 0 Å². The van der Waals surface area contributed by atoms with Gasteiger partial charge in [0.05, 0.1) is 0 Å². The van der Waals surface area contributed by atoms with Crippen molar-refractivity contribution >= 4 is 29.3 Å². The molecule has 1 N–H and O–H groups in total. The monoisotopic (exact) mass is 289 g/mol. The Hall–Kier alpha value is -0.850. The zero-order valence-corrected chi connectivity index (χ0v) is 12.1. The Bertz CT molecular complexity index is 415. The molecule has 0 radical (unpaired) electrons. The number of carbonyl (C=O) groups excluding carboxylic acids is 1. The smallest absolute Gasteiger partial charge is 0.342 e. The molecule has 1 aromatic heterocycles. The Morgan fingerprint density at radius 1 is 1.61 bits per heavy atom. The van der Waals surface area contributed by atoms with E-state index >= 15 is 0 Å². The summed E-state index contributed by atoms with van der Waals surface area (Å²) >= 11 is 7.24. The van der Waals surface area contributed by atoms with Gasteiger partial charge in [-0.1, -0.05) is 37.2 Å². The molecular weight excluding hydrogens is 274 g/mol. The number of hydrogen-bond acceptors (Lipinski definition) is 6. The number of halogens is 1. The molecule has 0 bridgehead atoms. The van der Waals surface area contributed by atoms with Crippen LogP contribution >= 0.6 is 23.4 Å². The number of ether oxygens (including phenoxy) is 1. The van der Waals surface area contributed by atoms with E-state index < -0.39 is 5.97 Å². The molecule has 1 rings (SSSR count). The summed E-state index contributed by atoms with van der Waals surface area (Å²) in [6.07, 6.45) is 3.22. The van der Waals surface area contributed by atoms with Crippen molar-refractivity contribution in [3.8, 4) is 0 Å². The van der Waals surface area contributed by atoms with Gasteiger partial charge in [0.1, 0.15) is 17.3 Å². The van der Waals surface area contributed by atoms with Gasteiger partial charge in [0.15, 0.2) is 5.16 Å². The molecule has 0 aliphatic carbocycles. The Labute approximate surface area is 116 Å². The predicted molar refractivity (Wildman–Crippen MR) is 72.2 cm³/mol. The third-order valence-electron chi connectivity index (χ3n) is 2.01. The lowest BCUT2D eigenvalue weighted by Crippen LogP contribution is -2.27. The first kappa shape index (κ1) is 15.2. The molecule has 0 spiro atoms. The number of thioether (sulfide) groups is 1. The standard InChI is InChI=1S/C11H16ClN3O2S/c1-7(2)13-4-5-17-10(16)8-6-14-11(18-3)15-9(8)12/h6-7,13H,4-5H2,1-3H3. The average Bonchev–Trinajstić information content (AvgIpc) is 2.33. The van der Waals surface area contributed by atoms with Crippen LogP contribution in [0.3, 0.4) is 0 Å². The fourth-order valence-corrected chi connectivity index (χ4v) is 1.75. The highest BCUT2D eigenvalue weighted by atomic mass is 35.5. The molecular formula is C11H16ClN3O2S. The lowest BCUT2D eigenvalue weighted by Gasteiger charge is -2.09. The van der Waals surface area contributed by atoms with Gasteiger partial charge >= 0.3 is 5.97 Å². The molecule has 0 fully saturated rings. The van der Waals surface area contributed by atoms with Crippen LogP contribution in [-0.4, -0.2) is 41.4 Å². The Morgan fingerprint density at radius 2 is 2.33 bits per heavy atom. The largest absolute Gasteiger partial charge is 0.461 e. The van der Waals surface area contributed by atoms with Crippen molar-refractivity contribution in [2.24, 2.45) is 0 Å². The van der Waals surface area contributed by atoms with Crippen molar-refractivity contribution in [1.29, 1.82) is 0 Å². The van der Waals surface area contributed by atoms with Crippen molar-refractivity contribution in [2.75, 3.05) is 19.4 Å². The summed E-state index contributed by atoms with van der Waals surface area (Å²) in [5.74, 6) is -0.502. The van der Waals surface area contributed by atoms with Gasteiger partial charge in [-0.2, -0.15) is 0 Å². The predicted octanol–water partition coefficient (Wildman–Crippen LogP) is 2.01. The summed E-state index contributed by atoms with van der Waals surface area (Å²) < 4.78 is 5.06. The summed E-state index contributed by atoms with van der Waals surface area (Å²) in [6, 6.07) is 0.358. The molecule has 0 amide bonds. The fraction of sp³-hybridized carbons (Fsp3) is 0.545. The van der Waals surface area contributed by atoms with Crippen molar-refractivity contribution < 1.29 is 9.53 Å². The Balaban J connectivity index is 2.51. The zero-order chi connectivity index (χ0) is 13.5. The molecule has 5 nitrogen and oxygen atoms in total. The van der Waals surface area contributed by atoms with Gasteiger partial charge < -0.3 is 10.1 Å². The van der Waals surface area contributed by atoms with Crippen LogP contribution in [0.25, 0.3) is 0 Å². The highest BCUT2D eigenvalue weighted by molar-refractivity contribution is 7.98. The van der Waals surface area contributed by atoms with E-state index in [4.69, 9.17) is 16.3 Å². The van der Waals surface area contributed by atoms with E-state index in [2.05, 4.69) is 15.3 Å². The summed E-state index contributed by atoms with van der Waals surface area (Å²) in [5, 5.41) is 3.79. The van der Waals surface area contributed by atoms with Crippen LogP contribution in [0.4, 0.5) is 0 Å². The second-order valence-electron chi connectivity index (χ2n) is 3.81. The van der Waals surface area contributed by atoms with Gasteiger partial charge in [-0.25, -0.2) is 14.8 Å². The first-order valence-electron chi connectivity index (χ1n) is 5.51. The molecule has 0 aliphatic heterocycles. The van der Waals surface area contributed by atoms with Crippen molar-refractivity contribution in [2.45, 2.75) is 25.0 Å². The van der Waals surface area contributed by atoms with Crippen LogP contribution in [0.5, 0.6) is 0 Å². The van der Waals surface area contributed by atoms with E-state index in [9.17, 15) is 4.79 Å². The zero-order valence-electron chi connectivity index (χ0n) is 10.6. The van der Waals surface area contributed by atoms with Gasteiger partial charge in [-0.05, 0) is 6.26 Å². The molecule has 7 heteroatoms. The first-order valence-corrected chi connectivity index (χ1v) is 7.12. The number of carbonyl (C=O) groups is 1. The SMILES string of the molecule is CSc1ncc(C(=O)OCCNC(C)C)c(Cl)n1. The summed E-state index contributed by atoms with van der Waals surface area (Å²) in [7, 11) is 0. The Morgan fingerprint density at radius 3 is 2.89 bits per heavy atom. The fourth-order valence-electron chi connectivity index (χ4n) is 1.15. The van der Waals surface area contributed by atoms with E-state index in [1.54, 1.807) is 0 Å². The number of nitrogens with zero attached hydrogens (tertiary/aromatic N) is 2. The van der Waals surface area contributed by atoms with E-state index in [1.807, 2.05) is 20.1 Å². The van der Waals surface area contributed by atoms with Crippen molar-refractivity contribution in [3.63, 3.8) is 0 Å². The molecule has 0 saturated heterocycles. The molecule has 0 unspecified atom stereocenters. The van der Waals surface area contributed by atoms with Crippen LogP contribution in [-0.2, 0) is 4.74 Å². The minimum atomic E-state index is -0.502. The van der Waals surface area contributed by atoms with Crippen molar-refractivity contribution in [3.05, 3.63) is 16.9 Å². The third-order valence-corrected chi connectivity index (χ3v) is 2.86. The molecule has 0 aliphatic rings. The van der Waals surface area contributed by atoms with E-state index in [0.29, 0.717) is 17.7 Å². The highest BCUT2D eigenvalue weighted by Gasteiger charge is 2.14. The van der Waals surface area contributed by atoms with Gasteiger partial charge in [0.25, 0.3) is 0 Å². The maximum atomic E-state index is 11.7. The number of esters is 1. The van der Waals surface area contributed by atoms with Crippen LogP contribution in [0, 0.1) is 0 Å². The quantitative estimate of drug-likeness (QED) is 0.284. The molecule has 100 valence electrons. The van der Waals surface area contributed by atoms with Crippen LogP contribution in [0.15, 0.2) is 11.4 Å².